The van der Waals surface area contributed by atoms with Crippen LogP contribution in [0.4, 0.5) is 8.78 Å². The third-order valence-electron chi connectivity index (χ3n) is 2.04. The maximum Gasteiger partial charge on any atom is 0.404 e. The Balaban J connectivity index is 3.02. The van der Waals surface area contributed by atoms with Crippen molar-refractivity contribution in [1.29, 1.82) is 0 Å². The molecule has 0 bridgehead atoms. The lowest BCUT2D eigenvalue weighted by molar-refractivity contribution is -0.161. The zero-order chi connectivity index (χ0) is 12.3. The minimum atomic E-state index is -4.13. The number of carbonyl (C=O) groups excluding carboxylic acids is 2. The zero-order valence-electron chi connectivity index (χ0n) is 8.79. The van der Waals surface area contributed by atoms with E-state index in [1.807, 2.05) is 0 Å². The summed E-state index contributed by atoms with van der Waals surface area (Å²) in [4.78, 5) is 22.0. The van der Waals surface area contributed by atoms with Gasteiger partial charge in [-0.1, -0.05) is 29.8 Å². The molecule has 0 fully saturated rings. The minimum Gasteiger partial charge on any atom is -0.464 e. The van der Waals surface area contributed by atoms with Crippen LogP contribution in [0.5, 0.6) is 0 Å². The summed E-state index contributed by atoms with van der Waals surface area (Å²) in [6, 6.07) is 5.52. The lowest BCUT2D eigenvalue weighted by Gasteiger charge is -2.12. The van der Waals surface area contributed by atoms with E-state index < -0.39 is 17.7 Å². The summed E-state index contributed by atoms with van der Waals surface area (Å²) in [6.07, 6.45) is 0. The molecular formula is C11H10F2O3. The summed E-state index contributed by atoms with van der Waals surface area (Å²) in [5.41, 5.74) is 0.610. The Morgan fingerprint density at radius 3 is 2.12 bits per heavy atom. The normalized spacial score (nSPS) is 11.0. The maximum absolute atomic E-state index is 13.2. The molecule has 86 valence electrons. The Morgan fingerprint density at radius 1 is 1.19 bits per heavy atom. The first-order valence-corrected chi connectivity index (χ1v) is 4.47. The van der Waals surface area contributed by atoms with Gasteiger partial charge in [-0.2, -0.15) is 8.78 Å². The van der Waals surface area contributed by atoms with Crippen molar-refractivity contribution in [3.63, 3.8) is 0 Å². The van der Waals surface area contributed by atoms with Crippen molar-refractivity contribution in [2.24, 2.45) is 0 Å². The van der Waals surface area contributed by atoms with Crippen molar-refractivity contribution in [3.8, 4) is 0 Å². The van der Waals surface area contributed by atoms with Gasteiger partial charge in [0.25, 0.3) is 0 Å². The van der Waals surface area contributed by atoms with Crippen LogP contribution in [-0.4, -0.2) is 24.8 Å². The number of Topliss-reactive ketones (excluding diaryl/α,β-unsaturated/α-hetero) is 1. The molecule has 1 rings (SSSR count). The third-order valence-corrected chi connectivity index (χ3v) is 2.04. The lowest BCUT2D eigenvalue weighted by Crippen LogP contribution is -2.38. The summed E-state index contributed by atoms with van der Waals surface area (Å²) in [5, 5.41) is 0. The first kappa shape index (κ1) is 12.3. The Bertz CT molecular complexity index is 410. The molecular weight excluding hydrogens is 218 g/mol. The molecule has 3 nitrogen and oxygen atoms in total. The standard InChI is InChI=1S/C11H10F2O3/c1-7-3-5-8(6-4-7)9(14)11(12,13)10(15)16-2/h3-6H,1-2H3. The number of rotatable bonds is 3. The van der Waals surface area contributed by atoms with Crippen molar-refractivity contribution < 1.29 is 23.1 Å². The van der Waals surface area contributed by atoms with Crippen LogP contribution >= 0.6 is 0 Å². The molecule has 0 N–H and O–H groups in total. The number of carbonyl (C=O) groups is 2. The van der Waals surface area contributed by atoms with Gasteiger partial charge in [-0.15, -0.1) is 0 Å². The fourth-order valence-electron chi connectivity index (χ4n) is 1.11. The van der Waals surface area contributed by atoms with E-state index in [9.17, 15) is 18.4 Å². The number of ether oxygens (including phenoxy) is 1. The van der Waals surface area contributed by atoms with Gasteiger partial charge in [-0.3, -0.25) is 4.79 Å². The van der Waals surface area contributed by atoms with Gasteiger partial charge >= 0.3 is 11.9 Å². The van der Waals surface area contributed by atoms with E-state index in [2.05, 4.69) is 4.74 Å². The van der Waals surface area contributed by atoms with Crippen LogP contribution in [-0.2, 0) is 9.53 Å². The minimum absolute atomic E-state index is 0.221. The van der Waals surface area contributed by atoms with Gasteiger partial charge in [0.15, 0.2) is 0 Å². The lowest BCUT2D eigenvalue weighted by atomic mass is 10.0. The topological polar surface area (TPSA) is 43.4 Å². The Labute approximate surface area is 91.0 Å². The summed E-state index contributed by atoms with van der Waals surface area (Å²) in [7, 11) is 0.804. The van der Waals surface area contributed by atoms with Crippen molar-refractivity contribution in [3.05, 3.63) is 35.4 Å². The number of hydrogen-bond donors (Lipinski definition) is 0. The molecule has 0 aliphatic carbocycles. The van der Waals surface area contributed by atoms with Gasteiger partial charge in [-0.05, 0) is 6.92 Å². The average Bonchev–Trinajstić information content (AvgIpc) is 2.28. The highest BCUT2D eigenvalue weighted by Gasteiger charge is 2.48. The maximum atomic E-state index is 13.2. The molecule has 0 spiro atoms. The van der Waals surface area contributed by atoms with Gasteiger partial charge in [0.05, 0.1) is 7.11 Å². The van der Waals surface area contributed by atoms with E-state index in [4.69, 9.17) is 0 Å². The van der Waals surface area contributed by atoms with E-state index in [-0.39, 0.29) is 5.56 Å². The Hall–Kier alpha value is -1.78. The summed E-state index contributed by atoms with van der Waals surface area (Å²) in [6.45, 7) is 1.76. The summed E-state index contributed by atoms with van der Waals surface area (Å²) < 4.78 is 30.2. The van der Waals surface area contributed by atoms with E-state index in [1.54, 1.807) is 6.92 Å². The fraction of sp³-hybridized carbons (Fsp3) is 0.273. The second-order valence-corrected chi connectivity index (χ2v) is 3.26. The number of benzene rings is 1. The highest BCUT2D eigenvalue weighted by molar-refractivity contribution is 6.13. The molecule has 5 heteroatoms. The number of halogens is 2. The smallest absolute Gasteiger partial charge is 0.404 e. The molecule has 0 aliphatic heterocycles. The molecule has 0 unspecified atom stereocenters. The molecule has 0 aromatic heterocycles. The Morgan fingerprint density at radius 2 is 1.69 bits per heavy atom. The van der Waals surface area contributed by atoms with Gasteiger partial charge in [0.2, 0.25) is 5.78 Å². The SMILES string of the molecule is COC(=O)C(F)(F)C(=O)c1ccc(C)cc1. The fourth-order valence-corrected chi connectivity index (χ4v) is 1.11. The number of hydrogen-bond acceptors (Lipinski definition) is 3. The van der Waals surface area contributed by atoms with Crippen LogP contribution in [0.2, 0.25) is 0 Å². The van der Waals surface area contributed by atoms with E-state index in [1.165, 1.54) is 24.3 Å². The van der Waals surface area contributed by atoms with Crippen LogP contribution in [0.1, 0.15) is 15.9 Å². The van der Waals surface area contributed by atoms with E-state index in [0.29, 0.717) is 0 Å². The molecule has 0 amide bonds. The molecule has 0 atom stereocenters. The van der Waals surface area contributed by atoms with Crippen molar-refractivity contribution >= 4 is 11.8 Å². The highest BCUT2D eigenvalue weighted by Crippen LogP contribution is 2.21. The monoisotopic (exact) mass is 228 g/mol. The second kappa shape index (κ2) is 4.38. The van der Waals surface area contributed by atoms with E-state index >= 15 is 0 Å². The van der Waals surface area contributed by atoms with Crippen molar-refractivity contribution in [2.45, 2.75) is 12.8 Å². The first-order chi connectivity index (χ1) is 7.39. The molecule has 0 heterocycles. The van der Waals surface area contributed by atoms with Crippen LogP contribution in [0.15, 0.2) is 24.3 Å². The van der Waals surface area contributed by atoms with Crippen LogP contribution in [0.25, 0.3) is 0 Å². The third kappa shape index (κ3) is 2.24. The van der Waals surface area contributed by atoms with E-state index in [0.717, 1.165) is 12.7 Å². The van der Waals surface area contributed by atoms with Crippen LogP contribution in [0, 0.1) is 6.92 Å². The quantitative estimate of drug-likeness (QED) is 0.451. The molecule has 16 heavy (non-hydrogen) atoms. The largest absolute Gasteiger partial charge is 0.464 e. The number of methoxy groups -OCH3 is 1. The molecule has 0 saturated heterocycles. The average molecular weight is 228 g/mol. The van der Waals surface area contributed by atoms with Crippen molar-refractivity contribution in [1.82, 2.24) is 0 Å². The van der Waals surface area contributed by atoms with Gasteiger partial charge in [0.1, 0.15) is 0 Å². The number of alkyl halides is 2. The number of ketones is 1. The van der Waals surface area contributed by atoms with Crippen LogP contribution in [0.3, 0.4) is 0 Å². The second-order valence-electron chi connectivity index (χ2n) is 3.26. The predicted octanol–water partition coefficient (Wildman–Crippen LogP) is 1.99. The molecule has 0 radical (unpaired) electrons. The van der Waals surface area contributed by atoms with Crippen molar-refractivity contribution in [2.75, 3.05) is 7.11 Å². The Kier molecular flexibility index (Phi) is 3.37. The van der Waals surface area contributed by atoms with Gasteiger partial charge < -0.3 is 4.74 Å². The summed E-state index contributed by atoms with van der Waals surface area (Å²) >= 11 is 0. The zero-order valence-corrected chi connectivity index (χ0v) is 8.79. The first-order valence-electron chi connectivity index (χ1n) is 4.47. The highest BCUT2D eigenvalue weighted by atomic mass is 19.3. The van der Waals surface area contributed by atoms with Gasteiger partial charge in [-0.25, -0.2) is 4.79 Å². The molecule has 0 saturated carbocycles. The summed E-state index contributed by atoms with van der Waals surface area (Å²) in [5.74, 6) is -7.54. The predicted molar refractivity (Wildman–Crippen MR) is 52.5 cm³/mol. The number of aryl methyl sites for hydroxylation is 1. The molecule has 1 aromatic carbocycles. The molecule has 0 aliphatic rings. The number of esters is 1. The van der Waals surface area contributed by atoms with Crippen LogP contribution < -0.4 is 0 Å². The van der Waals surface area contributed by atoms with Gasteiger partial charge in [0, 0.05) is 5.56 Å². The molecule has 1 aromatic rings.